The van der Waals surface area contributed by atoms with Crippen molar-refractivity contribution in [2.75, 3.05) is 13.2 Å². The van der Waals surface area contributed by atoms with Gasteiger partial charge in [0, 0.05) is 24.1 Å². The minimum absolute atomic E-state index is 0.0687. The van der Waals surface area contributed by atoms with E-state index in [9.17, 15) is 18.5 Å². The Morgan fingerprint density at radius 3 is 2.62 bits per heavy atom. The standard InChI is InChI=1S/C20H20N2O6S/c1-20(2)14-15-6-5-7-18(19(15)28-20)27-13-4-3-12-21-29(25,26)17-10-8-16(9-11-17)22(23)24/h5-11,21H,12-14H2,1-2H3. The highest BCUT2D eigenvalue weighted by molar-refractivity contribution is 7.89. The van der Waals surface area contributed by atoms with Gasteiger partial charge in [0.25, 0.3) is 5.69 Å². The maximum Gasteiger partial charge on any atom is 0.269 e. The lowest BCUT2D eigenvalue weighted by Crippen LogP contribution is -2.24. The number of hydrogen-bond acceptors (Lipinski definition) is 6. The monoisotopic (exact) mass is 416 g/mol. The van der Waals surface area contributed by atoms with Crippen LogP contribution in [0.5, 0.6) is 11.5 Å². The zero-order valence-electron chi connectivity index (χ0n) is 16.0. The molecule has 1 aliphatic rings. The molecule has 2 aromatic rings. The van der Waals surface area contributed by atoms with Gasteiger partial charge in [-0.05, 0) is 32.0 Å². The van der Waals surface area contributed by atoms with Gasteiger partial charge in [-0.15, -0.1) is 0 Å². The Bertz CT molecular complexity index is 1080. The van der Waals surface area contributed by atoms with Crippen LogP contribution in [0.3, 0.4) is 0 Å². The number of sulfonamides is 1. The molecule has 0 aliphatic carbocycles. The molecule has 152 valence electrons. The molecular formula is C20H20N2O6S. The molecule has 0 saturated carbocycles. The van der Waals surface area contributed by atoms with Crippen molar-refractivity contribution in [2.24, 2.45) is 0 Å². The summed E-state index contributed by atoms with van der Waals surface area (Å²) in [5, 5.41) is 10.6. The van der Waals surface area contributed by atoms with Crippen LogP contribution in [0.2, 0.25) is 0 Å². The summed E-state index contributed by atoms with van der Waals surface area (Å²) < 4.78 is 38.2. The van der Waals surface area contributed by atoms with Gasteiger partial charge in [-0.25, -0.2) is 8.42 Å². The summed E-state index contributed by atoms with van der Waals surface area (Å²) in [6.45, 7) is 3.99. The molecule has 0 spiro atoms. The summed E-state index contributed by atoms with van der Waals surface area (Å²) in [5.41, 5.74) is 0.626. The molecular weight excluding hydrogens is 396 g/mol. The van der Waals surface area contributed by atoms with E-state index < -0.39 is 14.9 Å². The number of benzene rings is 2. The van der Waals surface area contributed by atoms with Crippen LogP contribution in [0.25, 0.3) is 0 Å². The van der Waals surface area contributed by atoms with E-state index in [1.54, 1.807) is 6.07 Å². The van der Waals surface area contributed by atoms with Crippen molar-refractivity contribution in [1.82, 2.24) is 4.72 Å². The van der Waals surface area contributed by atoms with Crippen LogP contribution in [0, 0.1) is 22.0 Å². The average molecular weight is 416 g/mol. The summed E-state index contributed by atoms with van der Waals surface area (Å²) in [6, 6.07) is 10.3. The van der Waals surface area contributed by atoms with Gasteiger partial charge in [0.2, 0.25) is 10.0 Å². The molecule has 0 fully saturated rings. The lowest BCUT2D eigenvalue weighted by atomic mass is 10.0. The number of nitrogens with one attached hydrogen (secondary N) is 1. The van der Waals surface area contributed by atoms with E-state index in [1.165, 1.54) is 12.1 Å². The lowest BCUT2D eigenvalue weighted by molar-refractivity contribution is -0.384. The first kappa shape index (κ1) is 20.6. The third-order valence-electron chi connectivity index (χ3n) is 4.19. The number of fused-ring (bicyclic) bond motifs is 1. The highest BCUT2D eigenvalue weighted by atomic mass is 32.2. The Morgan fingerprint density at radius 1 is 1.21 bits per heavy atom. The normalized spacial score (nSPS) is 14.3. The van der Waals surface area contributed by atoms with Crippen molar-refractivity contribution in [3.05, 3.63) is 58.1 Å². The molecule has 0 radical (unpaired) electrons. The zero-order chi connectivity index (χ0) is 21.1. The summed E-state index contributed by atoms with van der Waals surface area (Å²) >= 11 is 0. The predicted molar refractivity (Wildman–Crippen MR) is 106 cm³/mol. The SMILES string of the molecule is CC1(C)Cc2cccc(OCC#CCNS(=O)(=O)c3ccc([N+](=O)[O-])cc3)c2O1. The number of rotatable bonds is 6. The molecule has 9 heteroatoms. The van der Waals surface area contributed by atoms with Crippen molar-refractivity contribution in [1.29, 1.82) is 0 Å². The van der Waals surface area contributed by atoms with Crippen LogP contribution in [0.1, 0.15) is 19.4 Å². The number of para-hydroxylation sites is 1. The fourth-order valence-electron chi connectivity index (χ4n) is 2.89. The highest BCUT2D eigenvalue weighted by Gasteiger charge is 2.32. The van der Waals surface area contributed by atoms with Gasteiger partial charge in [-0.1, -0.05) is 24.0 Å². The molecule has 1 N–H and O–H groups in total. The van der Waals surface area contributed by atoms with Crippen LogP contribution >= 0.6 is 0 Å². The van der Waals surface area contributed by atoms with Gasteiger partial charge in [-0.2, -0.15) is 4.72 Å². The number of nitrogens with zero attached hydrogens (tertiary/aromatic N) is 1. The van der Waals surface area contributed by atoms with Crippen LogP contribution in [0.4, 0.5) is 5.69 Å². The lowest BCUT2D eigenvalue weighted by Gasteiger charge is -2.17. The van der Waals surface area contributed by atoms with E-state index in [1.807, 2.05) is 26.0 Å². The van der Waals surface area contributed by atoms with Gasteiger partial charge in [-0.3, -0.25) is 10.1 Å². The van der Waals surface area contributed by atoms with Gasteiger partial charge >= 0.3 is 0 Å². The molecule has 0 unspecified atom stereocenters. The fourth-order valence-corrected chi connectivity index (χ4v) is 3.81. The van der Waals surface area contributed by atoms with Crippen molar-refractivity contribution < 1.29 is 22.8 Å². The Labute approximate surface area is 169 Å². The maximum atomic E-state index is 12.2. The summed E-state index contributed by atoms with van der Waals surface area (Å²) in [4.78, 5) is 9.97. The number of nitro groups is 1. The van der Waals surface area contributed by atoms with E-state index in [4.69, 9.17) is 9.47 Å². The first-order chi connectivity index (χ1) is 13.7. The molecule has 2 aromatic carbocycles. The van der Waals surface area contributed by atoms with Gasteiger partial charge in [0.1, 0.15) is 12.2 Å². The Kier molecular flexibility index (Phi) is 5.77. The zero-order valence-corrected chi connectivity index (χ0v) is 16.8. The van der Waals surface area contributed by atoms with Gasteiger partial charge in [0.05, 0.1) is 16.4 Å². The van der Waals surface area contributed by atoms with E-state index in [0.29, 0.717) is 5.75 Å². The van der Waals surface area contributed by atoms with E-state index in [0.717, 1.165) is 29.9 Å². The fraction of sp³-hybridized carbons (Fsp3) is 0.300. The van der Waals surface area contributed by atoms with E-state index >= 15 is 0 Å². The second-order valence-electron chi connectivity index (χ2n) is 7.00. The Morgan fingerprint density at radius 2 is 1.93 bits per heavy atom. The molecule has 0 amide bonds. The van der Waals surface area contributed by atoms with Gasteiger partial charge in [0.15, 0.2) is 11.5 Å². The predicted octanol–water partition coefficient (Wildman–Crippen LogP) is 2.67. The summed E-state index contributed by atoms with van der Waals surface area (Å²) in [7, 11) is -3.80. The van der Waals surface area contributed by atoms with Crippen LogP contribution in [-0.2, 0) is 16.4 Å². The third kappa shape index (κ3) is 5.04. The van der Waals surface area contributed by atoms with Crippen molar-refractivity contribution in [3.63, 3.8) is 0 Å². The average Bonchev–Trinajstić information content (AvgIpc) is 2.99. The number of hydrogen-bond donors (Lipinski definition) is 1. The minimum Gasteiger partial charge on any atom is -0.483 e. The van der Waals surface area contributed by atoms with Crippen molar-refractivity contribution in [2.45, 2.75) is 30.8 Å². The first-order valence-corrected chi connectivity index (χ1v) is 10.3. The Balaban J connectivity index is 1.53. The van der Waals surface area contributed by atoms with Crippen LogP contribution < -0.4 is 14.2 Å². The van der Waals surface area contributed by atoms with Crippen LogP contribution in [-0.4, -0.2) is 32.1 Å². The molecule has 1 heterocycles. The molecule has 0 saturated heterocycles. The Hall–Kier alpha value is -3.09. The molecule has 0 bridgehead atoms. The van der Waals surface area contributed by atoms with Crippen LogP contribution in [0.15, 0.2) is 47.4 Å². The first-order valence-electron chi connectivity index (χ1n) is 8.81. The molecule has 0 aromatic heterocycles. The maximum absolute atomic E-state index is 12.2. The number of nitro benzene ring substituents is 1. The van der Waals surface area contributed by atoms with E-state index in [-0.39, 0.29) is 29.3 Å². The molecule has 3 rings (SSSR count). The van der Waals surface area contributed by atoms with Gasteiger partial charge < -0.3 is 9.47 Å². The number of ether oxygens (including phenoxy) is 2. The van der Waals surface area contributed by atoms with E-state index in [2.05, 4.69) is 16.6 Å². The summed E-state index contributed by atoms with van der Waals surface area (Å²) in [6.07, 6.45) is 0.801. The minimum atomic E-state index is -3.80. The highest BCUT2D eigenvalue weighted by Crippen LogP contribution is 2.41. The molecule has 1 aliphatic heterocycles. The summed E-state index contributed by atoms with van der Waals surface area (Å²) in [5.74, 6) is 6.76. The third-order valence-corrected chi connectivity index (χ3v) is 5.61. The number of non-ortho nitro benzene ring substituents is 1. The molecule has 0 atom stereocenters. The molecule has 8 nitrogen and oxygen atoms in total. The smallest absolute Gasteiger partial charge is 0.269 e. The van der Waals surface area contributed by atoms with Crippen molar-refractivity contribution >= 4 is 15.7 Å². The van der Waals surface area contributed by atoms with Crippen molar-refractivity contribution in [3.8, 4) is 23.3 Å². The second-order valence-corrected chi connectivity index (χ2v) is 8.77. The second kappa shape index (κ2) is 8.11. The largest absolute Gasteiger partial charge is 0.483 e. The molecule has 29 heavy (non-hydrogen) atoms. The topological polar surface area (TPSA) is 108 Å². The quantitative estimate of drug-likeness (QED) is 0.441.